The van der Waals surface area contributed by atoms with E-state index < -0.39 is 22.9 Å². The van der Waals surface area contributed by atoms with Crippen molar-refractivity contribution in [3.63, 3.8) is 0 Å². The van der Waals surface area contributed by atoms with Crippen molar-refractivity contribution in [3.8, 4) is 0 Å². The molecular formula is C14H12F2N4O2. The van der Waals surface area contributed by atoms with Gasteiger partial charge in [-0.05, 0) is 13.0 Å². The Morgan fingerprint density at radius 2 is 2.05 bits per heavy atom. The number of nitrogens with zero attached hydrogens (tertiary/aromatic N) is 3. The van der Waals surface area contributed by atoms with Gasteiger partial charge in [-0.15, -0.1) is 0 Å². The van der Waals surface area contributed by atoms with Gasteiger partial charge in [-0.3, -0.25) is 14.3 Å². The number of H-pyrrole nitrogens is 1. The lowest BCUT2D eigenvalue weighted by atomic mass is 10.2. The standard InChI is InChI=1S/C14H12F2N4O2/c1-2-20-13(21)11-12(18-14(20)22)19(7-17-11)6-8-3-4-9(15)5-10(8)16/h3-5,7H,2,6H2,1H3,(H,18,22). The van der Waals surface area contributed by atoms with Gasteiger partial charge in [0.05, 0.1) is 12.9 Å². The van der Waals surface area contributed by atoms with Crippen molar-refractivity contribution in [2.45, 2.75) is 20.0 Å². The van der Waals surface area contributed by atoms with Gasteiger partial charge in [0.2, 0.25) is 0 Å². The Morgan fingerprint density at radius 3 is 2.73 bits per heavy atom. The van der Waals surface area contributed by atoms with Crippen LogP contribution in [0.4, 0.5) is 8.78 Å². The number of aromatic nitrogens is 4. The fourth-order valence-corrected chi connectivity index (χ4v) is 2.30. The summed E-state index contributed by atoms with van der Waals surface area (Å²) in [5.41, 5.74) is -0.519. The fraction of sp³-hybridized carbons (Fsp3) is 0.214. The maximum Gasteiger partial charge on any atom is 0.330 e. The maximum atomic E-state index is 13.7. The fourth-order valence-electron chi connectivity index (χ4n) is 2.30. The third-order valence-corrected chi connectivity index (χ3v) is 3.43. The molecule has 1 aromatic carbocycles. The van der Waals surface area contributed by atoms with E-state index in [0.29, 0.717) is 0 Å². The molecule has 0 spiro atoms. The average molecular weight is 306 g/mol. The first-order chi connectivity index (χ1) is 10.5. The van der Waals surface area contributed by atoms with Crippen molar-refractivity contribution < 1.29 is 8.78 Å². The van der Waals surface area contributed by atoms with E-state index in [4.69, 9.17) is 0 Å². The molecule has 0 fully saturated rings. The molecule has 2 aromatic heterocycles. The van der Waals surface area contributed by atoms with E-state index >= 15 is 0 Å². The molecule has 3 aromatic rings. The Labute approximate surface area is 122 Å². The summed E-state index contributed by atoms with van der Waals surface area (Å²) in [6.45, 7) is 1.92. The topological polar surface area (TPSA) is 72.7 Å². The summed E-state index contributed by atoms with van der Waals surface area (Å²) < 4.78 is 29.1. The zero-order valence-corrected chi connectivity index (χ0v) is 11.6. The highest BCUT2D eigenvalue weighted by Gasteiger charge is 2.13. The second kappa shape index (κ2) is 5.21. The summed E-state index contributed by atoms with van der Waals surface area (Å²) in [6, 6.07) is 3.23. The Kier molecular flexibility index (Phi) is 3.36. The average Bonchev–Trinajstić information content (AvgIpc) is 2.85. The summed E-state index contributed by atoms with van der Waals surface area (Å²) in [5, 5.41) is 0. The van der Waals surface area contributed by atoms with E-state index in [2.05, 4.69) is 9.97 Å². The predicted molar refractivity (Wildman–Crippen MR) is 75.7 cm³/mol. The number of halogens is 2. The van der Waals surface area contributed by atoms with Crippen LogP contribution in [-0.2, 0) is 13.1 Å². The quantitative estimate of drug-likeness (QED) is 0.791. The minimum atomic E-state index is -0.703. The summed E-state index contributed by atoms with van der Waals surface area (Å²) in [7, 11) is 0. The maximum absolute atomic E-state index is 13.7. The van der Waals surface area contributed by atoms with E-state index in [9.17, 15) is 18.4 Å². The van der Waals surface area contributed by atoms with Gasteiger partial charge in [0, 0.05) is 18.2 Å². The molecule has 114 valence electrons. The first-order valence-corrected chi connectivity index (χ1v) is 6.63. The number of benzene rings is 1. The number of hydrogen-bond donors (Lipinski definition) is 1. The lowest BCUT2D eigenvalue weighted by Crippen LogP contribution is -2.34. The molecule has 22 heavy (non-hydrogen) atoms. The second-order valence-electron chi connectivity index (χ2n) is 4.78. The molecule has 0 atom stereocenters. The summed E-state index contributed by atoms with van der Waals surface area (Å²) in [6.07, 6.45) is 1.34. The van der Waals surface area contributed by atoms with Gasteiger partial charge in [0.15, 0.2) is 5.52 Å². The molecule has 8 heteroatoms. The number of fused-ring (bicyclic) bond motifs is 1. The van der Waals surface area contributed by atoms with Gasteiger partial charge in [-0.25, -0.2) is 18.6 Å². The molecule has 0 radical (unpaired) electrons. The SMILES string of the molecule is CCn1c(=O)[nH]c2c(ncn2Cc2ccc(F)cc2F)c1=O. The normalized spacial score (nSPS) is 11.2. The molecule has 0 amide bonds. The van der Waals surface area contributed by atoms with Crippen LogP contribution in [-0.4, -0.2) is 19.1 Å². The molecule has 0 unspecified atom stereocenters. The summed E-state index contributed by atoms with van der Waals surface area (Å²) in [4.78, 5) is 30.5. The zero-order chi connectivity index (χ0) is 15.9. The highest BCUT2D eigenvalue weighted by molar-refractivity contribution is 5.69. The summed E-state index contributed by atoms with van der Waals surface area (Å²) in [5.74, 6) is -1.37. The smallest absolute Gasteiger partial charge is 0.312 e. The Balaban J connectivity index is 2.13. The molecule has 6 nitrogen and oxygen atoms in total. The third kappa shape index (κ3) is 2.22. The lowest BCUT2D eigenvalue weighted by Gasteiger charge is -2.06. The van der Waals surface area contributed by atoms with Crippen LogP contribution in [0.5, 0.6) is 0 Å². The van der Waals surface area contributed by atoms with Gasteiger partial charge in [-0.1, -0.05) is 6.07 Å². The number of aromatic amines is 1. The first kappa shape index (κ1) is 14.2. The van der Waals surface area contributed by atoms with Crippen molar-refractivity contribution in [2.24, 2.45) is 0 Å². The van der Waals surface area contributed by atoms with Crippen molar-refractivity contribution in [3.05, 3.63) is 62.6 Å². The number of nitrogens with one attached hydrogen (secondary N) is 1. The molecule has 0 saturated carbocycles. The van der Waals surface area contributed by atoms with E-state index in [1.54, 1.807) is 6.92 Å². The van der Waals surface area contributed by atoms with Crippen LogP contribution < -0.4 is 11.2 Å². The molecule has 0 aliphatic heterocycles. The molecule has 3 rings (SSSR count). The van der Waals surface area contributed by atoms with Crippen molar-refractivity contribution >= 4 is 11.2 Å². The van der Waals surface area contributed by atoms with Crippen LogP contribution in [0.3, 0.4) is 0 Å². The minimum absolute atomic E-state index is 0.0220. The highest BCUT2D eigenvalue weighted by Crippen LogP contribution is 2.13. The van der Waals surface area contributed by atoms with Crippen LogP contribution >= 0.6 is 0 Å². The van der Waals surface area contributed by atoms with Crippen LogP contribution in [0.15, 0.2) is 34.1 Å². The van der Waals surface area contributed by atoms with E-state index in [1.807, 2.05) is 0 Å². The molecule has 0 saturated heterocycles. The molecule has 0 aliphatic carbocycles. The van der Waals surface area contributed by atoms with Gasteiger partial charge < -0.3 is 4.57 Å². The third-order valence-electron chi connectivity index (χ3n) is 3.43. The van der Waals surface area contributed by atoms with Gasteiger partial charge in [0.1, 0.15) is 17.3 Å². The van der Waals surface area contributed by atoms with Crippen LogP contribution in [0, 0.1) is 11.6 Å². The lowest BCUT2D eigenvalue weighted by molar-refractivity contribution is 0.567. The van der Waals surface area contributed by atoms with Crippen LogP contribution in [0.2, 0.25) is 0 Å². The van der Waals surface area contributed by atoms with Crippen molar-refractivity contribution in [1.82, 2.24) is 19.1 Å². The van der Waals surface area contributed by atoms with Gasteiger partial charge in [0.25, 0.3) is 5.56 Å². The first-order valence-electron chi connectivity index (χ1n) is 6.63. The number of hydrogen-bond acceptors (Lipinski definition) is 3. The number of imidazole rings is 1. The Morgan fingerprint density at radius 1 is 1.27 bits per heavy atom. The summed E-state index contributed by atoms with van der Waals surface area (Å²) >= 11 is 0. The van der Waals surface area contributed by atoms with Crippen molar-refractivity contribution in [1.29, 1.82) is 0 Å². The van der Waals surface area contributed by atoms with Crippen molar-refractivity contribution in [2.75, 3.05) is 0 Å². The van der Waals surface area contributed by atoms with Gasteiger partial charge in [-0.2, -0.15) is 0 Å². The van der Waals surface area contributed by atoms with Crippen LogP contribution in [0.25, 0.3) is 11.2 Å². The van der Waals surface area contributed by atoms with E-state index in [-0.39, 0.29) is 29.8 Å². The zero-order valence-electron chi connectivity index (χ0n) is 11.6. The van der Waals surface area contributed by atoms with E-state index in [0.717, 1.165) is 16.7 Å². The number of rotatable bonds is 3. The van der Waals surface area contributed by atoms with E-state index in [1.165, 1.54) is 17.0 Å². The Hall–Kier alpha value is -2.77. The Bertz CT molecular complexity index is 971. The molecule has 0 aliphatic rings. The molecule has 2 heterocycles. The van der Waals surface area contributed by atoms with Crippen LogP contribution in [0.1, 0.15) is 12.5 Å². The minimum Gasteiger partial charge on any atom is -0.312 e. The predicted octanol–water partition coefficient (Wildman–Crippen LogP) is 1.23. The van der Waals surface area contributed by atoms with Gasteiger partial charge >= 0.3 is 5.69 Å². The highest BCUT2D eigenvalue weighted by atomic mass is 19.1. The molecule has 0 bridgehead atoms. The largest absolute Gasteiger partial charge is 0.330 e. The second-order valence-corrected chi connectivity index (χ2v) is 4.78. The molecule has 1 N–H and O–H groups in total. The monoisotopic (exact) mass is 306 g/mol. The molecular weight excluding hydrogens is 294 g/mol.